The maximum Gasteiger partial charge on any atom is 0.278 e. The second-order valence-corrected chi connectivity index (χ2v) is 4.43. The van der Waals surface area contributed by atoms with E-state index in [0.717, 1.165) is 16.7 Å². The topological polar surface area (TPSA) is 90.7 Å². The van der Waals surface area contributed by atoms with Crippen LogP contribution in [0.25, 0.3) is 34.1 Å². The summed E-state index contributed by atoms with van der Waals surface area (Å²) in [5, 5.41) is 3.96. The van der Waals surface area contributed by atoms with Crippen LogP contribution in [0.4, 0.5) is 0 Å². The highest BCUT2D eigenvalue weighted by Crippen LogP contribution is 2.24. The lowest BCUT2D eigenvalue weighted by atomic mass is 10.2. The Morgan fingerprint density at radius 1 is 1.10 bits per heavy atom. The van der Waals surface area contributed by atoms with E-state index in [4.69, 9.17) is 8.94 Å². The summed E-state index contributed by atoms with van der Waals surface area (Å²) in [5.74, 6) is 1.42. The Hall–Kier alpha value is -3.09. The van der Waals surface area contributed by atoms with Crippen LogP contribution in [0, 0.1) is 6.92 Å². The molecule has 0 fully saturated rings. The average Bonchev–Trinajstić information content (AvgIpc) is 3.12. The largest absolute Gasteiger partial charge is 0.441 e. The number of fused-ring (bicyclic) bond motifs is 1. The Balaban J connectivity index is 1.77. The third kappa shape index (κ3) is 2.04. The molecule has 0 saturated carbocycles. The Kier molecular flexibility index (Phi) is 2.50. The van der Waals surface area contributed by atoms with Crippen LogP contribution in [-0.4, -0.2) is 25.1 Å². The van der Waals surface area contributed by atoms with Gasteiger partial charge in [-0.25, -0.2) is 9.97 Å². The highest BCUT2D eigenvalue weighted by Gasteiger charge is 2.13. The van der Waals surface area contributed by atoms with E-state index in [9.17, 15) is 0 Å². The molecule has 0 aliphatic rings. The lowest BCUT2D eigenvalue weighted by molar-refractivity contribution is 0.431. The van der Waals surface area contributed by atoms with Crippen molar-refractivity contribution in [3.63, 3.8) is 0 Å². The van der Waals surface area contributed by atoms with Crippen molar-refractivity contribution in [3.05, 3.63) is 42.7 Å². The minimum atomic E-state index is 0.328. The maximum absolute atomic E-state index is 5.44. The van der Waals surface area contributed by atoms with Gasteiger partial charge in [0, 0.05) is 24.9 Å². The second kappa shape index (κ2) is 4.48. The van der Waals surface area contributed by atoms with Gasteiger partial charge in [0.2, 0.25) is 5.82 Å². The molecule has 3 heterocycles. The fraction of sp³-hybridized carbons (Fsp3) is 0.0714. The van der Waals surface area contributed by atoms with Gasteiger partial charge < -0.3 is 8.94 Å². The summed E-state index contributed by atoms with van der Waals surface area (Å²) in [7, 11) is 0. The van der Waals surface area contributed by atoms with Crippen LogP contribution >= 0.6 is 0 Å². The van der Waals surface area contributed by atoms with Gasteiger partial charge in [-0.3, -0.25) is 4.98 Å². The standard InChI is InChI=1S/C14H9N5O2/c1-8-17-10-6-9(2-3-12(10)20-8)13-18-14(21-19-13)11-7-15-4-5-16-11/h2-7H,1H3. The number of rotatable bonds is 2. The van der Waals surface area contributed by atoms with Gasteiger partial charge in [0.05, 0.1) is 6.20 Å². The third-order valence-corrected chi connectivity index (χ3v) is 2.96. The van der Waals surface area contributed by atoms with Crippen LogP contribution in [0.2, 0.25) is 0 Å². The minimum absolute atomic E-state index is 0.328. The quantitative estimate of drug-likeness (QED) is 0.557. The Morgan fingerprint density at radius 3 is 2.90 bits per heavy atom. The van der Waals surface area contributed by atoms with Crippen LogP contribution < -0.4 is 0 Å². The molecule has 4 aromatic rings. The van der Waals surface area contributed by atoms with Crippen molar-refractivity contribution in [1.82, 2.24) is 25.1 Å². The van der Waals surface area contributed by atoms with Crippen LogP contribution in [0.5, 0.6) is 0 Å². The lowest BCUT2D eigenvalue weighted by Crippen LogP contribution is -1.84. The molecular weight excluding hydrogens is 270 g/mol. The predicted octanol–water partition coefficient (Wildman–Crippen LogP) is 2.64. The molecule has 3 aromatic heterocycles. The fourth-order valence-electron chi connectivity index (χ4n) is 2.04. The molecule has 0 N–H and O–H groups in total. The number of aromatic nitrogens is 5. The first kappa shape index (κ1) is 11.7. The Morgan fingerprint density at radius 2 is 2.05 bits per heavy atom. The van der Waals surface area contributed by atoms with Crippen molar-refractivity contribution in [1.29, 1.82) is 0 Å². The Labute approximate surface area is 118 Å². The zero-order valence-electron chi connectivity index (χ0n) is 11.0. The van der Waals surface area contributed by atoms with Crippen molar-refractivity contribution in [2.24, 2.45) is 0 Å². The summed E-state index contributed by atoms with van der Waals surface area (Å²) in [6.45, 7) is 1.81. The van der Waals surface area contributed by atoms with Crippen molar-refractivity contribution in [2.45, 2.75) is 6.92 Å². The maximum atomic E-state index is 5.44. The predicted molar refractivity (Wildman–Crippen MR) is 73.1 cm³/mol. The van der Waals surface area contributed by atoms with Gasteiger partial charge in [0.1, 0.15) is 11.2 Å². The van der Waals surface area contributed by atoms with E-state index in [1.54, 1.807) is 25.5 Å². The number of aryl methyl sites for hydroxylation is 1. The molecule has 0 radical (unpaired) electrons. The summed E-state index contributed by atoms with van der Waals surface area (Å²) < 4.78 is 10.7. The molecule has 0 bridgehead atoms. The van der Waals surface area contributed by atoms with E-state index in [1.165, 1.54) is 0 Å². The SMILES string of the molecule is Cc1nc2cc(-c3noc(-c4cnccn4)n3)ccc2o1. The Bertz CT molecular complexity index is 913. The third-order valence-electron chi connectivity index (χ3n) is 2.96. The smallest absolute Gasteiger partial charge is 0.278 e. The van der Waals surface area contributed by atoms with Gasteiger partial charge in [-0.2, -0.15) is 4.98 Å². The zero-order valence-corrected chi connectivity index (χ0v) is 11.0. The second-order valence-electron chi connectivity index (χ2n) is 4.43. The van der Waals surface area contributed by atoms with Crippen LogP contribution in [0.3, 0.4) is 0 Å². The van der Waals surface area contributed by atoms with Gasteiger partial charge in [-0.1, -0.05) is 5.16 Å². The molecule has 1 aromatic carbocycles. The highest BCUT2D eigenvalue weighted by atomic mass is 16.5. The van der Waals surface area contributed by atoms with Gasteiger partial charge in [0.25, 0.3) is 5.89 Å². The van der Waals surface area contributed by atoms with Crippen molar-refractivity contribution >= 4 is 11.1 Å². The molecule has 7 heteroatoms. The first-order valence-corrected chi connectivity index (χ1v) is 6.27. The number of hydrogen-bond donors (Lipinski definition) is 0. The van der Waals surface area contributed by atoms with E-state index in [2.05, 4.69) is 25.1 Å². The number of oxazole rings is 1. The average molecular weight is 279 g/mol. The molecule has 0 unspecified atom stereocenters. The van der Waals surface area contributed by atoms with Crippen molar-refractivity contribution < 1.29 is 8.94 Å². The molecule has 0 saturated heterocycles. The van der Waals surface area contributed by atoms with Crippen LogP contribution in [-0.2, 0) is 0 Å². The molecule has 21 heavy (non-hydrogen) atoms. The summed E-state index contributed by atoms with van der Waals surface area (Å²) in [5.41, 5.74) is 2.83. The van der Waals surface area contributed by atoms with Crippen LogP contribution in [0.15, 0.2) is 45.7 Å². The monoisotopic (exact) mass is 279 g/mol. The lowest BCUT2D eigenvalue weighted by Gasteiger charge is -1.92. The summed E-state index contributed by atoms with van der Waals surface area (Å²) >= 11 is 0. The number of hydrogen-bond acceptors (Lipinski definition) is 7. The van der Waals surface area contributed by atoms with Gasteiger partial charge in [0.15, 0.2) is 11.5 Å². The van der Waals surface area contributed by atoms with E-state index in [-0.39, 0.29) is 0 Å². The molecule has 102 valence electrons. The molecular formula is C14H9N5O2. The highest BCUT2D eigenvalue weighted by molar-refractivity contribution is 5.78. The first-order valence-electron chi connectivity index (χ1n) is 6.27. The summed E-state index contributed by atoms with van der Waals surface area (Å²) in [4.78, 5) is 16.7. The van der Waals surface area contributed by atoms with Gasteiger partial charge in [-0.15, -0.1) is 0 Å². The van der Waals surface area contributed by atoms with Crippen molar-refractivity contribution in [2.75, 3.05) is 0 Å². The molecule has 0 spiro atoms. The summed E-state index contributed by atoms with van der Waals surface area (Å²) in [6.07, 6.45) is 4.73. The molecule has 0 amide bonds. The number of nitrogens with zero attached hydrogens (tertiary/aromatic N) is 5. The minimum Gasteiger partial charge on any atom is -0.441 e. The van der Waals surface area contributed by atoms with Gasteiger partial charge in [-0.05, 0) is 18.2 Å². The van der Waals surface area contributed by atoms with E-state index >= 15 is 0 Å². The zero-order chi connectivity index (χ0) is 14.2. The van der Waals surface area contributed by atoms with E-state index < -0.39 is 0 Å². The summed E-state index contributed by atoms with van der Waals surface area (Å²) in [6, 6.07) is 5.55. The molecule has 0 atom stereocenters. The normalized spacial score (nSPS) is 11.1. The first-order chi connectivity index (χ1) is 10.3. The van der Waals surface area contributed by atoms with Gasteiger partial charge >= 0.3 is 0 Å². The number of benzene rings is 1. The van der Waals surface area contributed by atoms with Crippen LogP contribution in [0.1, 0.15) is 5.89 Å². The molecule has 4 rings (SSSR count). The van der Waals surface area contributed by atoms with Crippen molar-refractivity contribution in [3.8, 4) is 23.0 Å². The molecule has 0 aliphatic heterocycles. The molecule has 7 nitrogen and oxygen atoms in total. The molecule has 0 aliphatic carbocycles. The van der Waals surface area contributed by atoms with E-state index in [0.29, 0.717) is 23.3 Å². The fourth-order valence-corrected chi connectivity index (χ4v) is 2.04. The van der Waals surface area contributed by atoms with E-state index in [1.807, 2.05) is 18.2 Å².